The van der Waals surface area contributed by atoms with Crippen LogP contribution < -0.4 is 5.32 Å². The number of hydrogen-bond donors (Lipinski definition) is 1. The summed E-state index contributed by atoms with van der Waals surface area (Å²) in [5.74, 6) is 1.02. The lowest BCUT2D eigenvalue weighted by Crippen LogP contribution is -2.52. The van der Waals surface area contributed by atoms with Crippen LogP contribution in [0.5, 0.6) is 0 Å². The van der Waals surface area contributed by atoms with Crippen LogP contribution in [-0.2, 0) is 4.79 Å². The predicted molar refractivity (Wildman–Crippen MR) is 62.7 cm³/mol. The lowest BCUT2D eigenvalue weighted by atomic mass is 10.0. The third-order valence-electron chi connectivity index (χ3n) is 2.83. The van der Waals surface area contributed by atoms with Gasteiger partial charge in [-0.05, 0) is 18.8 Å². The highest BCUT2D eigenvalue weighted by molar-refractivity contribution is 5.76. The maximum Gasteiger partial charge on any atom is 0.222 e. The van der Waals surface area contributed by atoms with Crippen LogP contribution in [0.1, 0.15) is 40.0 Å². The van der Waals surface area contributed by atoms with Crippen molar-refractivity contribution in [2.75, 3.05) is 19.6 Å². The van der Waals surface area contributed by atoms with Gasteiger partial charge in [0.25, 0.3) is 0 Å². The topological polar surface area (TPSA) is 32.3 Å². The summed E-state index contributed by atoms with van der Waals surface area (Å²) in [4.78, 5) is 13.7. The van der Waals surface area contributed by atoms with Crippen LogP contribution in [0.4, 0.5) is 0 Å². The molecule has 0 spiro atoms. The molecule has 0 aromatic heterocycles. The fourth-order valence-corrected chi connectivity index (χ4v) is 2.15. The van der Waals surface area contributed by atoms with E-state index in [4.69, 9.17) is 0 Å². The summed E-state index contributed by atoms with van der Waals surface area (Å²) in [6.45, 7) is 9.26. The quantitative estimate of drug-likeness (QED) is 0.768. The molecule has 1 aliphatic heterocycles. The maximum atomic E-state index is 11.7. The van der Waals surface area contributed by atoms with Crippen LogP contribution >= 0.6 is 0 Å². The van der Waals surface area contributed by atoms with E-state index in [-0.39, 0.29) is 0 Å². The molecule has 1 amide bonds. The molecule has 1 heterocycles. The zero-order chi connectivity index (χ0) is 11.3. The number of rotatable bonds is 4. The van der Waals surface area contributed by atoms with E-state index < -0.39 is 0 Å². The van der Waals surface area contributed by atoms with Crippen molar-refractivity contribution in [2.45, 2.75) is 46.1 Å². The van der Waals surface area contributed by atoms with Crippen molar-refractivity contribution < 1.29 is 4.79 Å². The molecule has 1 N–H and O–H groups in total. The Labute approximate surface area is 93.2 Å². The highest BCUT2D eigenvalue weighted by Crippen LogP contribution is 2.10. The Morgan fingerprint density at radius 2 is 2.27 bits per heavy atom. The summed E-state index contributed by atoms with van der Waals surface area (Å²) < 4.78 is 0. The first-order valence-corrected chi connectivity index (χ1v) is 6.14. The molecule has 15 heavy (non-hydrogen) atoms. The minimum Gasteiger partial charge on any atom is -0.340 e. The molecule has 0 radical (unpaired) electrons. The standard InChI is InChI=1S/C12H24N2O/c1-4-5-12(15)14-7-6-13-11(9-14)8-10(2)3/h10-11,13H,4-9H2,1-3H3. The summed E-state index contributed by atoms with van der Waals surface area (Å²) in [7, 11) is 0. The van der Waals surface area contributed by atoms with Crippen LogP contribution in [0.25, 0.3) is 0 Å². The molecule has 1 unspecified atom stereocenters. The molecule has 0 aromatic rings. The van der Waals surface area contributed by atoms with E-state index in [0.29, 0.717) is 24.3 Å². The van der Waals surface area contributed by atoms with E-state index in [2.05, 4.69) is 26.1 Å². The SMILES string of the molecule is CCCC(=O)N1CCNC(CC(C)C)C1. The van der Waals surface area contributed by atoms with Gasteiger partial charge in [0, 0.05) is 32.1 Å². The monoisotopic (exact) mass is 212 g/mol. The molecular formula is C12H24N2O. The zero-order valence-corrected chi connectivity index (χ0v) is 10.3. The molecule has 1 aliphatic rings. The van der Waals surface area contributed by atoms with Crippen LogP contribution in [0.3, 0.4) is 0 Å². The van der Waals surface area contributed by atoms with Crippen molar-refractivity contribution in [3.63, 3.8) is 0 Å². The molecule has 1 atom stereocenters. The number of hydrogen-bond acceptors (Lipinski definition) is 2. The molecule has 0 saturated carbocycles. The van der Waals surface area contributed by atoms with E-state index in [0.717, 1.165) is 32.5 Å². The first kappa shape index (κ1) is 12.5. The highest BCUT2D eigenvalue weighted by Gasteiger charge is 2.22. The zero-order valence-electron chi connectivity index (χ0n) is 10.3. The van der Waals surface area contributed by atoms with Gasteiger partial charge in [-0.15, -0.1) is 0 Å². The van der Waals surface area contributed by atoms with Crippen molar-refractivity contribution in [3.05, 3.63) is 0 Å². The fraction of sp³-hybridized carbons (Fsp3) is 0.917. The van der Waals surface area contributed by atoms with Crippen LogP contribution in [0.2, 0.25) is 0 Å². The third kappa shape index (κ3) is 4.20. The average Bonchev–Trinajstić information content (AvgIpc) is 2.17. The lowest BCUT2D eigenvalue weighted by molar-refractivity contribution is -0.132. The minimum atomic E-state index is 0.327. The van der Waals surface area contributed by atoms with Gasteiger partial charge in [-0.25, -0.2) is 0 Å². The van der Waals surface area contributed by atoms with E-state index in [1.165, 1.54) is 0 Å². The fourth-order valence-electron chi connectivity index (χ4n) is 2.15. The Morgan fingerprint density at radius 1 is 1.53 bits per heavy atom. The van der Waals surface area contributed by atoms with E-state index in [1.54, 1.807) is 0 Å². The van der Waals surface area contributed by atoms with Crippen molar-refractivity contribution in [1.29, 1.82) is 0 Å². The van der Waals surface area contributed by atoms with E-state index in [1.807, 2.05) is 4.90 Å². The summed E-state index contributed by atoms with van der Waals surface area (Å²) in [6, 6.07) is 0.500. The molecule has 1 fully saturated rings. The third-order valence-corrected chi connectivity index (χ3v) is 2.83. The van der Waals surface area contributed by atoms with Crippen molar-refractivity contribution in [1.82, 2.24) is 10.2 Å². The van der Waals surface area contributed by atoms with E-state index in [9.17, 15) is 4.79 Å². The number of carbonyl (C=O) groups excluding carboxylic acids is 1. The van der Waals surface area contributed by atoms with Gasteiger partial charge in [-0.2, -0.15) is 0 Å². The summed E-state index contributed by atoms with van der Waals surface area (Å²) in [5, 5.41) is 3.48. The van der Waals surface area contributed by atoms with Crippen LogP contribution in [-0.4, -0.2) is 36.5 Å². The molecule has 0 bridgehead atoms. The van der Waals surface area contributed by atoms with Crippen molar-refractivity contribution >= 4 is 5.91 Å². The van der Waals surface area contributed by atoms with Gasteiger partial charge in [-0.1, -0.05) is 20.8 Å². The number of nitrogens with zero attached hydrogens (tertiary/aromatic N) is 1. The molecule has 0 aromatic carbocycles. The Hall–Kier alpha value is -0.570. The second-order valence-electron chi connectivity index (χ2n) is 4.87. The summed E-state index contributed by atoms with van der Waals surface area (Å²) >= 11 is 0. The average molecular weight is 212 g/mol. The Bertz CT molecular complexity index is 204. The number of nitrogens with one attached hydrogen (secondary N) is 1. The van der Waals surface area contributed by atoms with Crippen LogP contribution in [0, 0.1) is 5.92 Å². The van der Waals surface area contributed by atoms with Gasteiger partial charge in [0.1, 0.15) is 0 Å². The highest BCUT2D eigenvalue weighted by atomic mass is 16.2. The van der Waals surface area contributed by atoms with Gasteiger partial charge >= 0.3 is 0 Å². The van der Waals surface area contributed by atoms with Crippen LogP contribution in [0.15, 0.2) is 0 Å². The smallest absolute Gasteiger partial charge is 0.222 e. The second kappa shape index (κ2) is 6.11. The van der Waals surface area contributed by atoms with Gasteiger partial charge in [0.2, 0.25) is 5.91 Å². The van der Waals surface area contributed by atoms with Gasteiger partial charge in [0.15, 0.2) is 0 Å². The molecule has 3 heteroatoms. The lowest BCUT2D eigenvalue weighted by Gasteiger charge is -2.34. The van der Waals surface area contributed by atoms with Gasteiger partial charge in [0.05, 0.1) is 0 Å². The minimum absolute atomic E-state index is 0.327. The maximum absolute atomic E-state index is 11.7. The molecule has 0 aliphatic carbocycles. The first-order chi connectivity index (χ1) is 7.13. The Morgan fingerprint density at radius 3 is 2.87 bits per heavy atom. The molecular weight excluding hydrogens is 188 g/mol. The van der Waals surface area contributed by atoms with Crippen molar-refractivity contribution in [2.24, 2.45) is 5.92 Å². The molecule has 1 saturated heterocycles. The summed E-state index contributed by atoms with van der Waals surface area (Å²) in [5.41, 5.74) is 0. The second-order valence-corrected chi connectivity index (χ2v) is 4.87. The first-order valence-electron chi connectivity index (χ1n) is 6.14. The largest absolute Gasteiger partial charge is 0.340 e. The van der Waals surface area contributed by atoms with Crippen molar-refractivity contribution in [3.8, 4) is 0 Å². The normalized spacial score (nSPS) is 22.1. The molecule has 88 valence electrons. The number of piperazine rings is 1. The van der Waals surface area contributed by atoms with E-state index >= 15 is 0 Å². The Kier molecular flexibility index (Phi) is 5.09. The molecule has 3 nitrogen and oxygen atoms in total. The van der Waals surface area contributed by atoms with Gasteiger partial charge in [-0.3, -0.25) is 4.79 Å². The Balaban J connectivity index is 2.38. The number of carbonyl (C=O) groups is 1. The van der Waals surface area contributed by atoms with Gasteiger partial charge < -0.3 is 10.2 Å². The number of amides is 1. The summed E-state index contributed by atoms with van der Waals surface area (Å²) in [6.07, 6.45) is 2.82. The molecule has 1 rings (SSSR count). The predicted octanol–water partition coefficient (Wildman–Crippen LogP) is 1.63.